The molecule has 0 radical (unpaired) electrons. The van der Waals surface area contributed by atoms with Gasteiger partial charge in [-0.15, -0.1) is 0 Å². The van der Waals surface area contributed by atoms with Crippen molar-refractivity contribution in [3.63, 3.8) is 0 Å². The van der Waals surface area contributed by atoms with Crippen LogP contribution in [0.15, 0.2) is 28.9 Å². The third-order valence-electron chi connectivity index (χ3n) is 8.39. The molecule has 2 aromatic rings. The van der Waals surface area contributed by atoms with E-state index in [-0.39, 0.29) is 29.4 Å². The highest BCUT2D eigenvalue weighted by Gasteiger charge is 2.56. The first-order chi connectivity index (χ1) is 16.6. The van der Waals surface area contributed by atoms with Gasteiger partial charge in [0.15, 0.2) is 5.78 Å². The number of carbonyl (C=O) groups is 2. The maximum absolute atomic E-state index is 13.2. The van der Waals surface area contributed by atoms with Crippen molar-refractivity contribution in [1.29, 1.82) is 0 Å². The summed E-state index contributed by atoms with van der Waals surface area (Å²) >= 11 is 3.61. The molecular formula is C28H34BrN3O3. The van der Waals surface area contributed by atoms with E-state index >= 15 is 0 Å². The monoisotopic (exact) mass is 539 g/mol. The van der Waals surface area contributed by atoms with Crippen molar-refractivity contribution in [2.45, 2.75) is 82.9 Å². The van der Waals surface area contributed by atoms with E-state index in [9.17, 15) is 9.59 Å². The average molecular weight is 541 g/mol. The van der Waals surface area contributed by atoms with Crippen LogP contribution >= 0.6 is 15.9 Å². The second-order valence-corrected chi connectivity index (χ2v) is 13.3. The SMILES string of the molecule is CC(C)(C)OC(=O)NC12CC3CC(C1)C(Nc1c(C(=O)C4CC4)cnc4ccc(Br)cc14)C(C3)C2. The Balaban J connectivity index is 1.30. The minimum absolute atomic E-state index is 0.141. The number of alkyl carbamates (subject to hydrolysis) is 1. The molecule has 0 spiro atoms. The molecule has 5 aliphatic carbocycles. The van der Waals surface area contributed by atoms with Crippen LogP contribution in [0.3, 0.4) is 0 Å². The summed E-state index contributed by atoms with van der Waals surface area (Å²) in [6.07, 6.45) is 8.73. The minimum Gasteiger partial charge on any atom is -0.444 e. The quantitative estimate of drug-likeness (QED) is 0.425. The lowest BCUT2D eigenvalue weighted by Gasteiger charge is -2.60. The molecular weight excluding hydrogens is 506 g/mol. The predicted molar refractivity (Wildman–Crippen MR) is 140 cm³/mol. The molecule has 5 saturated carbocycles. The Hall–Kier alpha value is -2.15. The number of pyridine rings is 1. The van der Waals surface area contributed by atoms with Crippen molar-refractivity contribution in [1.82, 2.24) is 10.3 Å². The summed E-state index contributed by atoms with van der Waals surface area (Å²) in [4.78, 5) is 30.6. The lowest BCUT2D eigenvalue weighted by molar-refractivity contribution is -0.0348. The zero-order valence-electron chi connectivity index (χ0n) is 20.7. The van der Waals surface area contributed by atoms with Gasteiger partial charge in [0.2, 0.25) is 0 Å². The Labute approximate surface area is 215 Å². The first-order valence-electron chi connectivity index (χ1n) is 13.0. The zero-order valence-corrected chi connectivity index (χ0v) is 22.3. The molecule has 0 saturated heterocycles. The van der Waals surface area contributed by atoms with Gasteiger partial charge >= 0.3 is 6.09 Å². The number of anilines is 1. The van der Waals surface area contributed by atoms with E-state index in [1.54, 1.807) is 6.20 Å². The number of ketones is 1. The third kappa shape index (κ3) is 4.45. The van der Waals surface area contributed by atoms with Gasteiger partial charge in [-0.05, 0) is 102 Å². The second-order valence-electron chi connectivity index (χ2n) is 12.4. The zero-order chi connectivity index (χ0) is 24.5. The van der Waals surface area contributed by atoms with Crippen LogP contribution < -0.4 is 10.6 Å². The fraction of sp³-hybridized carbons (Fsp3) is 0.607. The molecule has 6 nitrogen and oxygen atoms in total. The number of aromatic nitrogens is 1. The van der Waals surface area contributed by atoms with Crippen LogP contribution in [0, 0.1) is 23.7 Å². The molecule has 7 heteroatoms. The number of hydrogen-bond acceptors (Lipinski definition) is 5. The maximum atomic E-state index is 13.2. The number of rotatable bonds is 5. The molecule has 186 valence electrons. The van der Waals surface area contributed by atoms with Crippen LogP contribution in [-0.4, -0.2) is 34.0 Å². The smallest absolute Gasteiger partial charge is 0.408 e. The normalized spacial score (nSPS) is 31.4. The van der Waals surface area contributed by atoms with Crippen LogP contribution in [0.1, 0.15) is 76.1 Å². The summed E-state index contributed by atoms with van der Waals surface area (Å²) < 4.78 is 6.60. The van der Waals surface area contributed by atoms with E-state index in [2.05, 4.69) is 37.6 Å². The number of benzene rings is 1. The summed E-state index contributed by atoms with van der Waals surface area (Å²) in [6.45, 7) is 5.72. The highest BCUT2D eigenvalue weighted by Crippen LogP contribution is 2.56. The topological polar surface area (TPSA) is 80.3 Å². The Morgan fingerprint density at radius 2 is 1.83 bits per heavy atom. The molecule has 2 unspecified atom stereocenters. The van der Waals surface area contributed by atoms with E-state index in [1.165, 1.54) is 12.8 Å². The largest absolute Gasteiger partial charge is 0.444 e. The van der Waals surface area contributed by atoms with Crippen LogP contribution in [0.5, 0.6) is 0 Å². The highest BCUT2D eigenvalue weighted by molar-refractivity contribution is 9.10. The van der Waals surface area contributed by atoms with Crippen molar-refractivity contribution in [2.24, 2.45) is 23.7 Å². The lowest BCUT2D eigenvalue weighted by Crippen LogP contribution is -2.65. The molecule has 1 amide bonds. The molecule has 35 heavy (non-hydrogen) atoms. The molecule has 2 N–H and O–H groups in total. The van der Waals surface area contributed by atoms with Gasteiger partial charge in [0.05, 0.1) is 16.8 Å². The number of hydrogen-bond donors (Lipinski definition) is 2. The summed E-state index contributed by atoms with van der Waals surface area (Å²) in [7, 11) is 0. The van der Waals surface area contributed by atoms with Crippen LogP contribution in [0.4, 0.5) is 10.5 Å². The van der Waals surface area contributed by atoms with Crippen molar-refractivity contribution in [3.05, 3.63) is 34.4 Å². The van der Waals surface area contributed by atoms with E-state index < -0.39 is 5.60 Å². The van der Waals surface area contributed by atoms with Gasteiger partial charge < -0.3 is 15.4 Å². The molecule has 0 aliphatic heterocycles. The molecule has 5 fully saturated rings. The van der Waals surface area contributed by atoms with Gasteiger partial charge in [0.1, 0.15) is 5.60 Å². The first-order valence-corrected chi connectivity index (χ1v) is 13.8. The van der Waals surface area contributed by atoms with E-state index in [0.29, 0.717) is 17.8 Å². The first kappa shape index (κ1) is 23.3. The predicted octanol–water partition coefficient (Wildman–Crippen LogP) is 6.47. The van der Waals surface area contributed by atoms with Crippen molar-refractivity contribution in [3.8, 4) is 0 Å². The van der Waals surface area contributed by atoms with Crippen LogP contribution in [-0.2, 0) is 4.74 Å². The Morgan fingerprint density at radius 1 is 1.11 bits per heavy atom. The molecule has 4 bridgehead atoms. The van der Waals surface area contributed by atoms with E-state index in [1.807, 2.05) is 32.9 Å². The molecule has 1 aromatic heterocycles. The van der Waals surface area contributed by atoms with Gasteiger partial charge in [-0.25, -0.2) is 4.79 Å². The Bertz CT molecular complexity index is 1190. The van der Waals surface area contributed by atoms with Gasteiger partial charge in [0.25, 0.3) is 0 Å². The number of nitrogens with one attached hydrogen (secondary N) is 2. The van der Waals surface area contributed by atoms with Crippen molar-refractivity contribution in [2.75, 3.05) is 5.32 Å². The van der Waals surface area contributed by atoms with Gasteiger partial charge in [0, 0.05) is 33.6 Å². The minimum atomic E-state index is -0.502. The number of carbonyl (C=O) groups excluding carboxylic acids is 2. The highest BCUT2D eigenvalue weighted by atomic mass is 79.9. The average Bonchev–Trinajstić information content (AvgIpc) is 3.59. The molecule has 1 aromatic carbocycles. The van der Waals surface area contributed by atoms with E-state index in [4.69, 9.17) is 4.74 Å². The molecule has 1 heterocycles. The van der Waals surface area contributed by atoms with Crippen molar-refractivity contribution < 1.29 is 14.3 Å². The number of ether oxygens (including phenoxy) is 1. The van der Waals surface area contributed by atoms with Gasteiger partial charge in [-0.1, -0.05) is 15.9 Å². The summed E-state index contributed by atoms with van der Waals surface area (Å²) in [5, 5.41) is 8.21. The molecule has 7 rings (SSSR count). The fourth-order valence-corrected chi connectivity index (χ4v) is 7.53. The van der Waals surface area contributed by atoms with Gasteiger partial charge in [-0.2, -0.15) is 0 Å². The Kier molecular flexibility index (Phi) is 5.44. The van der Waals surface area contributed by atoms with Gasteiger partial charge in [-0.3, -0.25) is 9.78 Å². The third-order valence-corrected chi connectivity index (χ3v) is 8.89. The molecule has 2 atom stereocenters. The maximum Gasteiger partial charge on any atom is 0.408 e. The van der Waals surface area contributed by atoms with Crippen LogP contribution in [0.2, 0.25) is 0 Å². The fourth-order valence-electron chi connectivity index (χ4n) is 7.17. The lowest BCUT2D eigenvalue weighted by atomic mass is 9.51. The van der Waals surface area contributed by atoms with Crippen molar-refractivity contribution >= 4 is 44.4 Å². The summed E-state index contributed by atoms with van der Waals surface area (Å²) in [5.41, 5.74) is 1.90. The van der Waals surface area contributed by atoms with E-state index in [0.717, 1.165) is 58.7 Å². The Morgan fingerprint density at radius 3 is 2.49 bits per heavy atom. The number of fused-ring (bicyclic) bond motifs is 1. The number of halogens is 1. The number of nitrogens with zero attached hydrogens (tertiary/aromatic N) is 1. The number of Topliss-reactive ketones (excluding diaryl/α,β-unsaturated/α-hetero) is 1. The summed E-state index contributed by atoms with van der Waals surface area (Å²) in [6, 6.07) is 6.37. The second kappa shape index (κ2) is 8.19. The van der Waals surface area contributed by atoms with Crippen LogP contribution in [0.25, 0.3) is 10.9 Å². The standard InChI is InChI=1S/C28H34BrN3O3/c1-27(2,3)35-26(34)32-28-11-15-8-17(12-28)23(18(9-15)13-28)31-24-20-10-19(29)6-7-22(20)30-14-21(24)25(33)16-4-5-16/h6-7,10,14-18,23H,4-5,8-9,11-13H2,1-3H3,(H,30,31)(H,32,34). The molecule has 5 aliphatic rings. The number of amides is 1. The summed E-state index contributed by atoms with van der Waals surface area (Å²) in [5.74, 6) is 1.90.